The molecule has 0 spiro atoms. The second-order valence-corrected chi connectivity index (χ2v) is 17.6. The summed E-state index contributed by atoms with van der Waals surface area (Å²) in [6.07, 6.45) is 16.6. The fourth-order valence-corrected chi connectivity index (χ4v) is 12.8. The maximum atomic E-state index is 13.4. The van der Waals surface area contributed by atoms with E-state index in [0.717, 1.165) is 25.7 Å². The molecule has 0 heterocycles. The largest absolute Gasteiger partial charge is 0.335 e. The van der Waals surface area contributed by atoms with Crippen LogP contribution in [-0.2, 0) is 4.79 Å². The zero-order valence-corrected chi connectivity index (χ0v) is 27.7. The van der Waals surface area contributed by atoms with E-state index in [0.29, 0.717) is 40.9 Å². The van der Waals surface area contributed by atoms with E-state index in [9.17, 15) is 9.59 Å². The summed E-state index contributed by atoms with van der Waals surface area (Å²) in [4.78, 5) is 26.5. The van der Waals surface area contributed by atoms with Crippen molar-refractivity contribution in [3.8, 4) is 0 Å². The number of urea groups is 1. The third-order valence-corrected chi connectivity index (χ3v) is 15.1. The number of carbonyl (C=O) groups excluding carboxylic acids is 2. The summed E-state index contributed by atoms with van der Waals surface area (Å²) in [7, 11) is 0. The van der Waals surface area contributed by atoms with Crippen LogP contribution in [0.25, 0.3) is 0 Å². The van der Waals surface area contributed by atoms with Crippen molar-refractivity contribution in [2.45, 2.75) is 157 Å². The molecule has 6 rings (SSSR count). The third kappa shape index (κ3) is 4.25. The first-order valence-electron chi connectivity index (χ1n) is 17.5. The first-order valence-corrected chi connectivity index (χ1v) is 17.5. The summed E-state index contributed by atoms with van der Waals surface area (Å²) < 4.78 is 0. The van der Waals surface area contributed by atoms with Crippen molar-refractivity contribution in [1.29, 1.82) is 0 Å². The van der Waals surface area contributed by atoms with Gasteiger partial charge >= 0.3 is 6.03 Å². The Morgan fingerprint density at radius 3 is 2.15 bits per heavy atom. The summed E-state index contributed by atoms with van der Waals surface area (Å²) in [6.45, 7) is 19.8. The van der Waals surface area contributed by atoms with Gasteiger partial charge in [0.1, 0.15) is 0 Å². The fraction of sp³-hybridized carbons (Fsp3) is 0.892. The number of rotatable bonds is 3. The van der Waals surface area contributed by atoms with Gasteiger partial charge in [-0.1, -0.05) is 80.2 Å². The first-order chi connectivity index (χ1) is 19.2. The lowest BCUT2D eigenvalue weighted by molar-refractivity contribution is -0.215. The molecule has 0 aromatic carbocycles. The minimum absolute atomic E-state index is 0.0674. The van der Waals surface area contributed by atoms with Crippen LogP contribution in [0.5, 0.6) is 0 Å². The molecule has 0 aliphatic heterocycles. The molecule has 2 N–H and O–H groups in total. The van der Waals surface area contributed by atoms with E-state index in [1.54, 1.807) is 5.57 Å². The highest BCUT2D eigenvalue weighted by molar-refractivity contribution is 6.00. The van der Waals surface area contributed by atoms with Gasteiger partial charge in [-0.05, 0) is 121 Å². The van der Waals surface area contributed by atoms with E-state index in [-0.39, 0.29) is 33.7 Å². The molecule has 0 saturated heterocycles. The molecule has 1 unspecified atom stereocenters. The molecule has 4 nitrogen and oxygen atoms in total. The number of hydrogen-bond acceptors (Lipinski definition) is 2. The molecule has 6 aliphatic carbocycles. The van der Waals surface area contributed by atoms with Crippen LogP contribution in [0.4, 0.5) is 4.79 Å². The third-order valence-electron chi connectivity index (χ3n) is 15.1. The van der Waals surface area contributed by atoms with Crippen LogP contribution in [0.1, 0.15) is 145 Å². The van der Waals surface area contributed by atoms with Crippen LogP contribution >= 0.6 is 0 Å². The predicted molar refractivity (Wildman–Crippen MR) is 167 cm³/mol. The van der Waals surface area contributed by atoms with E-state index >= 15 is 0 Å². The maximum Gasteiger partial charge on any atom is 0.315 e. The van der Waals surface area contributed by atoms with E-state index in [2.05, 4.69) is 66.0 Å². The first kappa shape index (κ1) is 29.7. The summed E-state index contributed by atoms with van der Waals surface area (Å²) in [6, 6.07) is 0.655. The number of allylic oxidation sites excluding steroid dienone is 2. The number of Topliss-reactive ketones (excluding diaryl/α,β-unsaturated/α-hetero) is 1. The van der Waals surface area contributed by atoms with Gasteiger partial charge in [0.05, 0.1) is 0 Å². The number of nitrogens with one attached hydrogen (secondary N) is 2. The van der Waals surface area contributed by atoms with Crippen molar-refractivity contribution < 1.29 is 9.59 Å². The van der Waals surface area contributed by atoms with Gasteiger partial charge in [0.15, 0.2) is 5.78 Å². The molecule has 0 bridgehead atoms. The van der Waals surface area contributed by atoms with Crippen LogP contribution in [0.15, 0.2) is 11.1 Å². The zero-order valence-electron chi connectivity index (χ0n) is 27.7. The van der Waals surface area contributed by atoms with Gasteiger partial charge in [0, 0.05) is 18.5 Å². The SMILES string of the molecule is CC(C)C1=C2[C@H]3CC[C@@H]4[C@@]5(C)CCC(NC(=O)NC6CCCCC6)C(C)(C)[C@@H]5CC[C@@]4(C)[C@]3(C)CC[C@@]2(C)CC1=O. The van der Waals surface area contributed by atoms with Gasteiger partial charge in [0.25, 0.3) is 0 Å². The van der Waals surface area contributed by atoms with Gasteiger partial charge in [-0.15, -0.1) is 0 Å². The summed E-state index contributed by atoms with van der Waals surface area (Å²) >= 11 is 0. The molecular weight excluding hydrogens is 504 g/mol. The van der Waals surface area contributed by atoms with Gasteiger partial charge in [0.2, 0.25) is 0 Å². The van der Waals surface area contributed by atoms with E-state index in [1.165, 1.54) is 69.8 Å². The Bertz CT molecular complexity index is 1120. The van der Waals surface area contributed by atoms with Crippen LogP contribution in [0, 0.1) is 50.7 Å². The fourth-order valence-electron chi connectivity index (χ4n) is 12.8. The smallest absolute Gasteiger partial charge is 0.315 e. The van der Waals surface area contributed by atoms with E-state index < -0.39 is 0 Å². The maximum absolute atomic E-state index is 13.4. The van der Waals surface area contributed by atoms with Crippen molar-refractivity contribution in [2.24, 2.45) is 50.7 Å². The van der Waals surface area contributed by atoms with Crippen molar-refractivity contribution in [3.05, 3.63) is 11.1 Å². The van der Waals surface area contributed by atoms with Gasteiger partial charge in [-0.25, -0.2) is 4.79 Å². The zero-order chi connectivity index (χ0) is 29.6. The number of carbonyl (C=O) groups is 2. The monoisotopic (exact) mass is 564 g/mol. The normalized spacial score (nSPS) is 45.9. The molecule has 0 aromatic rings. The molecule has 0 radical (unpaired) electrons. The Hall–Kier alpha value is -1.32. The van der Waals surface area contributed by atoms with Crippen molar-refractivity contribution in [1.82, 2.24) is 10.6 Å². The second-order valence-electron chi connectivity index (χ2n) is 17.6. The highest BCUT2D eigenvalue weighted by Crippen LogP contribution is 2.76. The van der Waals surface area contributed by atoms with Gasteiger partial charge < -0.3 is 10.6 Å². The lowest BCUT2D eigenvalue weighted by atomic mass is 9.33. The predicted octanol–water partition coefficient (Wildman–Crippen LogP) is 8.99. The Balaban J connectivity index is 1.26. The lowest BCUT2D eigenvalue weighted by Crippen LogP contribution is -2.67. The Labute approximate surface area is 251 Å². The van der Waals surface area contributed by atoms with E-state index in [4.69, 9.17) is 0 Å². The lowest BCUT2D eigenvalue weighted by Gasteiger charge is -2.72. The Morgan fingerprint density at radius 2 is 1.46 bits per heavy atom. The molecule has 5 fully saturated rings. The standard InChI is InChI=1S/C37H60N2O2/c1-23(2)30-26(40)22-34(5)20-21-36(7)25(31(30)34)14-15-28-35(6)18-17-29(33(3,4)27(35)16-19-37(28,36)8)39-32(41)38-24-12-10-9-11-13-24/h23-25,27-29H,9-22H2,1-8H3,(H2,38,39,41)/t25-,27+,28-,29?,34+,35+,36-,37-/m1/s1. The minimum Gasteiger partial charge on any atom is -0.335 e. The summed E-state index contributed by atoms with van der Waals surface area (Å²) in [5, 5.41) is 6.83. The van der Waals surface area contributed by atoms with Crippen molar-refractivity contribution in [2.75, 3.05) is 0 Å². The van der Waals surface area contributed by atoms with E-state index in [1.807, 2.05) is 0 Å². The second kappa shape index (κ2) is 9.85. The average molecular weight is 565 g/mol. The van der Waals surface area contributed by atoms with Crippen LogP contribution < -0.4 is 10.6 Å². The molecule has 5 saturated carbocycles. The molecule has 4 heteroatoms. The number of hydrogen-bond donors (Lipinski definition) is 2. The minimum atomic E-state index is 0.0674. The molecule has 6 aliphatic rings. The number of ketones is 1. The summed E-state index contributed by atoms with van der Waals surface area (Å²) in [5.74, 6) is 2.66. The topological polar surface area (TPSA) is 58.2 Å². The van der Waals surface area contributed by atoms with Gasteiger partial charge in [-0.2, -0.15) is 0 Å². The quantitative estimate of drug-likeness (QED) is 0.359. The number of fused-ring (bicyclic) bond motifs is 7. The van der Waals surface area contributed by atoms with Crippen molar-refractivity contribution in [3.63, 3.8) is 0 Å². The molecule has 8 atom stereocenters. The molecule has 2 amide bonds. The molecular formula is C37H60N2O2. The van der Waals surface area contributed by atoms with Crippen LogP contribution in [0.3, 0.4) is 0 Å². The highest BCUT2D eigenvalue weighted by Gasteiger charge is 2.69. The Kier molecular flexibility index (Phi) is 7.14. The van der Waals surface area contributed by atoms with Gasteiger partial charge in [-0.3, -0.25) is 4.79 Å². The van der Waals surface area contributed by atoms with Crippen molar-refractivity contribution >= 4 is 11.8 Å². The number of amides is 2. The Morgan fingerprint density at radius 1 is 0.756 bits per heavy atom. The molecule has 0 aromatic heterocycles. The molecule has 230 valence electrons. The average Bonchev–Trinajstić information content (AvgIpc) is 3.17. The van der Waals surface area contributed by atoms with Crippen LogP contribution in [0.2, 0.25) is 0 Å². The highest BCUT2D eigenvalue weighted by atomic mass is 16.2. The molecule has 41 heavy (non-hydrogen) atoms. The van der Waals surface area contributed by atoms with Crippen LogP contribution in [-0.4, -0.2) is 23.9 Å². The summed E-state index contributed by atoms with van der Waals surface area (Å²) in [5.41, 5.74) is 3.81.